The first-order chi connectivity index (χ1) is 30.5. The van der Waals surface area contributed by atoms with Crippen LogP contribution in [0.25, 0.3) is 0 Å². The third-order valence-electron chi connectivity index (χ3n) is 12.1. The van der Waals surface area contributed by atoms with Crippen molar-refractivity contribution in [1.29, 1.82) is 0 Å². The fourth-order valence-electron chi connectivity index (χ4n) is 7.82. The van der Waals surface area contributed by atoms with Crippen molar-refractivity contribution < 1.29 is 32.9 Å². The highest BCUT2D eigenvalue weighted by Gasteiger charge is 2.27. The van der Waals surface area contributed by atoms with Crippen molar-refractivity contribution in [3.05, 3.63) is 36.5 Å². The van der Waals surface area contributed by atoms with Gasteiger partial charge in [-0.3, -0.25) is 13.8 Å². The third kappa shape index (κ3) is 48.5. The van der Waals surface area contributed by atoms with Crippen LogP contribution in [-0.2, 0) is 18.4 Å². The summed E-state index contributed by atoms with van der Waals surface area (Å²) in [6.07, 6.45) is 58.1. The maximum atomic E-state index is 12.9. The van der Waals surface area contributed by atoms with E-state index in [0.29, 0.717) is 17.4 Å². The fourth-order valence-corrected chi connectivity index (χ4v) is 8.55. The molecule has 0 spiro atoms. The average molecular weight is 910 g/mol. The molecule has 3 unspecified atom stereocenters. The zero-order valence-electron chi connectivity index (χ0n) is 42.3. The fraction of sp³-hybridized carbons (Fsp3) is 0.870. The average Bonchev–Trinajstić information content (AvgIpc) is 3.24. The van der Waals surface area contributed by atoms with Gasteiger partial charge < -0.3 is 19.8 Å². The molecule has 8 nitrogen and oxygen atoms in total. The summed E-state index contributed by atoms with van der Waals surface area (Å²) in [6.45, 7) is 4.81. The van der Waals surface area contributed by atoms with Gasteiger partial charge in [0, 0.05) is 6.42 Å². The molecule has 0 saturated carbocycles. The monoisotopic (exact) mass is 910 g/mol. The van der Waals surface area contributed by atoms with Crippen LogP contribution in [0.2, 0.25) is 0 Å². The van der Waals surface area contributed by atoms with E-state index in [-0.39, 0.29) is 19.1 Å². The number of carbonyl (C=O) groups is 1. The number of quaternary nitrogens is 1. The zero-order chi connectivity index (χ0) is 46.4. The van der Waals surface area contributed by atoms with Crippen LogP contribution in [0.15, 0.2) is 36.5 Å². The molecule has 0 rings (SSSR count). The van der Waals surface area contributed by atoms with E-state index in [0.717, 1.165) is 38.5 Å². The van der Waals surface area contributed by atoms with Gasteiger partial charge in [-0.1, -0.05) is 224 Å². The number of nitrogens with one attached hydrogen (secondary N) is 1. The van der Waals surface area contributed by atoms with E-state index < -0.39 is 20.0 Å². The summed E-state index contributed by atoms with van der Waals surface area (Å²) in [5.41, 5.74) is 0. The Balaban J connectivity index is 4.22. The van der Waals surface area contributed by atoms with Gasteiger partial charge in [-0.05, 0) is 57.8 Å². The molecular weight excluding hydrogens is 804 g/mol. The summed E-state index contributed by atoms with van der Waals surface area (Å²) in [5, 5.41) is 13.9. The van der Waals surface area contributed by atoms with Crippen LogP contribution in [0.1, 0.15) is 251 Å². The van der Waals surface area contributed by atoms with Gasteiger partial charge in [0.15, 0.2) is 0 Å². The van der Waals surface area contributed by atoms with Crippen LogP contribution in [-0.4, -0.2) is 73.4 Å². The normalized spacial score (nSPS) is 14.3. The highest BCUT2D eigenvalue weighted by molar-refractivity contribution is 7.47. The highest BCUT2D eigenvalue weighted by Crippen LogP contribution is 2.43. The third-order valence-corrected chi connectivity index (χ3v) is 13.1. The lowest BCUT2D eigenvalue weighted by atomic mass is 10.0. The summed E-state index contributed by atoms with van der Waals surface area (Å²) >= 11 is 0. The Bertz CT molecular complexity index is 1120. The van der Waals surface area contributed by atoms with Crippen LogP contribution in [0, 0.1) is 0 Å². The number of aliphatic hydroxyl groups excluding tert-OH is 1. The smallest absolute Gasteiger partial charge is 0.387 e. The number of hydrogen-bond donors (Lipinski definition) is 3. The van der Waals surface area contributed by atoms with E-state index in [9.17, 15) is 19.4 Å². The largest absolute Gasteiger partial charge is 0.472 e. The molecule has 0 aromatic rings. The molecule has 0 fully saturated rings. The Hall–Kier alpha value is -1.28. The molecule has 9 heteroatoms. The van der Waals surface area contributed by atoms with Crippen molar-refractivity contribution >= 4 is 13.7 Å². The van der Waals surface area contributed by atoms with Gasteiger partial charge >= 0.3 is 7.82 Å². The summed E-state index contributed by atoms with van der Waals surface area (Å²) in [7, 11) is 1.56. The quantitative estimate of drug-likeness (QED) is 0.0243. The predicted molar refractivity (Wildman–Crippen MR) is 272 cm³/mol. The number of hydrogen-bond acceptors (Lipinski definition) is 5. The second kappa shape index (κ2) is 45.9. The summed E-state index contributed by atoms with van der Waals surface area (Å²) < 4.78 is 23.6. The Morgan fingerprint density at radius 3 is 1.27 bits per heavy atom. The molecule has 3 atom stereocenters. The van der Waals surface area contributed by atoms with E-state index in [1.807, 2.05) is 27.2 Å². The van der Waals surface area contributed by atoms with E-state index in [1.54, 1.807) is 6.08 Å². The van der Waals surface area contributed by atoms with Crippen LogP contribution in [0.4, 0.5) is 0 Å². The van der Waals surface area contributed by atoms with E-state index in [4.69, 9.17) is 9.05 Å². The maximum absolute atomic E-state index is 12.9. The van der Waals surface area contributed by atoms with Gasteiger partial charge in [0.2, 0.25) is 5.91 Å². The van der Waals surface area contributed by atoms with Crippen LogP contribution in [0.3, 0.4) is 0 Å². The second-order valence-corrected chi connectivity index (χ2v) is 21.0. The number of amides is 1. The second-order valence-electron chi connectivity index (χ2n) is 19.6. The molecule has 3 N–H and O–H groups in total. The Morgan fingerprint density at radius 1 is 0.524 bits per heavy atom. The minimum absolute atomic E-state index is 0.0564. The number of rotatable bonds is 49. The van der Waals surface area contributed by atoms with Crippen molar-refractivity contribution in [2.75, 3.05) is 40.9 Å². The lowest BCUT2D eigenvalue weighted by Gasteiger charge is -2.25. The number of allylic oxidation sites excluding steroid dienone is 5. The van der Waals surface area contributed by atoms with Gasteiger partial charge in [-0.2, -0.15) is 0 Å². The van der Waals surface area contributed by atoms with E-state index in [2.05, 4.69) is 43.5 Å². The molecule has 0 heterocycles. The highest BCUT2D eigenvalue weighted by atomic mass is 31.2. The Labute approximate surface area is 391 Å². The number of nitrogens with zero attached hydrogens (tertiary/aromatic N) is 1. The topological polar surface area (TPSA) is 105 Å². The van der Waals surface area contributed by atoms with Crippen molar-refractivity contribution in [2.45, 2.75) is 264 Å². The molecule has 0 aromatic heterocycles. The summed E-state index contributed by atoms with van der Waals surface area (Å²) in [6, 6.07) is -0.863. The molecular formula is C54H106N2O6P+. The van der Waals surface area contributed by atoms with Crippen molar-refractivity contribution in [1.82, 2.24) is 5.32 Å². The molecule has 1 amide bonds. The number of carbonyl (C=O) groups excluding carboxylic acids is 1. The molecule has 0 aliphatic carbocycles. The van der Waals surface area contributed by atoms with Crippen molar-refractivity contribution in [3.63, 3.8) is 0 Å². The lowest BCUT2D eigenvalue weighted by Crippen LogP contribution is -2.45. The predicted octanol–water partition coefficient (Wildman–Crippen LogP) is 15.8. The number of likely N-dealkylation sites (N-methyl/N-ethyl adjacent to an activating group) is 1. The lowest BCUT2D eigenvalue weighted by molar-refractivity contribution is -0.870. The van der Waals surface area contributed by atoms with Crippen LogP contribution in [0.5, 0.6) is 0 Å². The number of aliphatic hydroxyl groups is 1. The number of phosphoric acid groups is 1. The molecule has 0 aliphatic heterocycles. The molecule has 63 heavy (non-hydrogen) atoms. The maximum Gasteiger partial charge on any atom is 0.472 e. The minimum Gasteiger partial charge on any atom is -0.387 e. The Morgan fingerprint density at radius 2 is 0.873 bits per heavy atom. The van der Waals surface area contributed by atoms with Gasteiger partial charge in [0.25, 0.3) is 0 Å². The first-order valence-corrected chi connectivity index (χ1v) is 28.4. The standard InChI is InChI=1S/C54H105N2O6P/c1-6-8-10-12-14-16-18-20-22-23-24-25-26-27-28-29-30-31-32-34-36-38-40-42-44-46-48-54(58)55-52(51-62-63(59,60)61-50-49-56(3,4)5)53(57)47-45-43-41-39-37-35-33-21-19-17-15-13-11-9-7-2/h27-28,37,39,45,47,52-53,57H,6-26,29-36,38,40-44,46,48-51H2,1-5H3,(H-,55,58,59,60)/p+1/b28-27-,39-37+,47-45+. The SMILES string of the molecule is CCCCCCCCCCC/C=C/CC/C=C/C(O)C(COP(=O)(O)OCC[N+](C)(C)C)NC(=O)CCCCCCCCCCCC/C=C\CCCCCCCCCCCCCC. The molecule has 0 radical (unpaired) electrons. The Kier molecular flexibility index (Phi) is 44.9. The van der Waals surface area contributed by atoms with E-state index >= 15 is 0 Å². The van der Waals surface area contributed by atoms with Crippen LogP contribution >= 0.6 is 7.82 Å². The van der Waals surface area contributed by atoms with Crippen LogP contribution < -0.4 is 5.32 Å². The van der Waals surface area contributed by atoms with Gasteiger partial charge in [0.1, 0.15) is 13.2 Å². The molecule has 0 aromatic carbocycles. The first-order valence-electron chi connectivity index (χ1n) is 26.9. The first kappa shape index (κ1) is 61.7. The summed E-state index contributed by atoms with van der Waals surface area (Å²) in [4.78, 5) is 23.2. The zero-order valence-corrected chi connectivity index (χ0v) is 43.2. The minimum atomic E-state index is -4.35. The van der Waals surface area contributed by atoms with Gasteiger partial charge in [0.05, 0.1) is 39.9 Å². The number of unbranched alkanes of at least 4 members (excludes halogenated alkanes) is 32. The summed E-state index contributed by atoms with van der Waals surface area (Å²) in [5.74, 6) is -0.187. The van der Waals surface area contributed by atoms with Crippen molar-refractivity contribution in [2.24, 2.45) is 0 Å². The molecule has 0 saturated heterocycles. The van der Waals surface area contributed by atoms with Crippen molar-refractivity contribution in [3.8, 4) is 0 Å². The molecule has 0 aliphatic rings. The molecule has 0 bridgehead atoms. The van der Waals surface area contributed by atoms with Gasteiger partial charge in [-0.25, -0.2) is 4.57 Å². The van der Waals surface area contributed by atoms with E-state index in [1.165, 1.54) is 193 Å². The number of phosphoric ester groups is 1. The molecule has 372 valence electrons. The van der Waals surface area contributed by atoms with Gasteiger partial charge in [-0.15, -0.1) is 0 Å².